The molecule has 0 aliphatic heterocycles. The van der Waals surface area contributed by atoms with E-state index in [2.05, 4.69) is 14.9 Å². The first-order valence-electron chi connectivity index (χ1n) is 4.55. The zero-order chi connectivity index (χ0) is 14.1. The van der Waals surface area contributed by atoms with Crippen molar-refractivity contribution in [1.29, 1.82) is 0 Å². The molecule has 8 heteroatoms. The second-order valence-electron chi connectivity index (χ2n) is 2.95. The van der Waals surface area contributed by atoms with Crippen LogP contribution in [0.25, 0.3) is 0 Å². The fourth-order valence-corrected chi connectivity index (χ4v) is 0.526. The Balaban J connectivity index is 0. The number of carbonyl (C=O) groups excluding carboxylic acids is 1. The molecule has 0 aromatic rings. The van der Waals surface area contributed by atoms with Gasteiger partial charge in [-0.25, -0.2) is 4.79 Å². The molecular weight excluding hydrogens is 250 g/mol. The lowest BCUT2D eigenvalue weighted by atomic mass is 10.6. The van der Waals surface area contributed by atoms with Crippen LogP contribution in [0.1, 0.15) is 6.92 Å². The molecule has 0 saturated carbocycles. The summed E-state index contributed by atoms with van der Waals surface area (Å²) >= 11 is 0. The van der Waals surface area contributed by atoms with Crippen LogP contribution < -0.4 is 0 Å². The van der Waals surface area contributed by atoms with E-state index < -0.39 is 10.4 Å². The molecule has 0 radical (unpaired) electrons. The molecule has 0 heterocycles. The Hall–Kier alpha value is -0.960. The van der Waals surface area contributed by atoms with Gasteiger partial charge >= 0.3 is 16.4 Å². The normalized spacial score (nSPS) is 12.4. The average Bonchev–Trinajstić information content (AvgIpc) is 2.29. The largest absolute Gasteiger partial charge is 0.444 e. The van der Waals surface area contributed by atoms with Crippen molar-refractivity contribution in [3.8, 4) is 0 Å². The molecule has 17 heavy (non-hydrogen) atoms. The van der Waals surface area contributed by atoms with Gasteiger partial charge in [-0.2, -0.15) is 8.42 Å². The molecule has 0 rings (SSSR count). The van der Waals surface area contributed by atoms with Gasteiger partial charge in [0.25, 0.3) is 0 Å². The van der Waals surface area contributed by atoms with E-state index in [-0.39, 0.29) is 12.2 Å². The Morgan fingerprint density at radius 2 is 1.71 bits per heavy atom. The topological polar surface area (TPSA) is 82.1 Å². The Bertz CT molecular complexity index is 314. The molecule has 0 bridgehead atoms. The van der Waals surface area contributed by atoms with Gasteiger partial charge in [-0.1, -0.05) is 6.58 Å². The highest BCUT2D eigenvalue weighted by Gasteiger charge is 2.06. The van der Waals surface area contributed by atoms with Crippen LogP contribution in [-0.2, 0) is 28.3 Å². The zero-order valence-corrected chi connectivity index (χ0v) is 11.5. The van der Waals surface area contributed by atoms with Crippen LogP contribution in [0.2, 0.25) is 0 Å². The van der Waals surface area contributed by atoms with Crippen LogP contribution in [-0.4, -0.2) is 53.8 Å². The maximum absolute atomic E-state index is 10.6. The van der Waals surface area contributed by atoms with Crippen molar-refractivity contribution in [3.05, 3.63) is 12.7 Å². The maximum Gasteiger partial charge on any atom is 0.399 e. The minimum atomic E-state index is -3.66. The van der Waals surface area contributed by atoms with Crippen molar-refractivity contribution in [3.63, 3.8) is 0 Å². The van der Waals surface area contributed by atoms with Gasteiger partial charge in [0.15, 0.2) is 6.23 Å². The molecule has 0 aromatic heterocycles. The molecule has 0 aliphatic rings. The van der Waals surface area contributed by atoms with E-state index in [0.717, 1.165) is 20.3 Å². The van der Waals surface area contributed by atoms with Gasteiger partial charge in [0.05, 0.1) is 14.2 Å². The molecule has 1 unspecified atom stereocenters. The van der Waals surface area contributed by atoms with Gasteiger partial charge in [0.1, 0.15) is 0 Å². The quantitative estimate of drug-likeness (QED) is 0.399. The number of ether oxygens (including phenoxy) is 1. The van der Waals surface area contributed by atoms with Crippen molar-refractivity contribution in [1.82, 2.24) is 4.90 Å². The van der Waals surface area contributed by atoms with Crippen molar-refractivity contribution >= 4 is 16.4 Å². The SMILES string of the molecule is C=CC(=O)OC(C)N(C)C.COS(=O)(=O)OC. The summed E-state index contributed by atoms with van der Waals surface area (Å²) < 4.78 is 32.4. The van der Waals surface area contributed by atoms with Gasteiger partial charge in [-0.3, -0.25) is 13.3 Å². The van der Waals surface area contributed by atoms with E-state index in [9.17, 15) is 13.2 Å². The van der Waals surface area contributed by atoms with Crippen LogP contribution in [0.4, 0.5) is 0 Å². The van der Waals surface area contributed by atoms with Crippen LogP contribution >= 0.6 is 0 Å². The third-order valence-corrected chi connectivity index (χ3v) is 2.41. The Kier molecular flexibility index (Phi) is 9.86. The highest BCUT2D eigenvalue weighted by Crippen LogP contribution is 1.94. The summed E-state index contributed by atoms with van der Waals surface area (Å²) in [5.74, 6) is -0.388. The third kappa shape index (κ3) is 11.3. The molecule has 0 aliphatic carbocycles. The van der Waals surface area contributed by atoms with E-state index in [1.54, 1.807) is 11.8 Å². The maximum atomic E-state index is 10.6. The summed E-state index contributed by atoms with van der Waals surface area (Å²) in [7, 11) is 2.06. The first kappa shape index (κ1) is 18.4. The van der Waals surface area contributed by atoms with Gasteiger partial charge in [0, 0.05) is 6.08 Å². The first-order valence-corrected chi connectivity index (χ1v) is 5.89. The van der Waals surface area contributed by atoms with E-state index in [4.69, 9.17) is 4.74 Å². The predicted octanol–water partition coefficient (Wildman–Crippen LogP) is 0.147. The smallest absolute Gasteiger partial charge is 0.399 e. The summed E-state index contributed by atoms with van der Waals surface area (Å²) in [5, 5.41) is 0. The highest BCUT2D eigenvalue weighted by atomic mass is 32.3. The van der Waals surface area contributed by atoms with Crippen molar-refractivity contribution in [2.24, 2.45) is 0 Å². The summed E-state index contributed by atoms with van der Waals surface area (Å²) in [6.07, 6.45) is 0.963. The van der Waals surface area contributed by atoms with E-state index >= 15 is 0 Å². The lowest BCUT2D eigenvalue weighted by Crippen LogP contribution is -2.29. The van der Waals surface area contributed by atoms with Crippen LogP contribution in [0, 0.1) is 0 Å². The van der Waals surface area contributed by atoms with Crippen LogP contribution in [0.3, 0.4) is 0 Å². The first-order chi connectivity index (χ1) is 7.70. The number of carbonyl (C=O) groups is 1. The van der Waals surface area contributed by atoms with E-state index in [1.807, 2.05) is 14.1 Å². The van der Waals surface area contributed by atoms with Crippen molar-refractivity contribution in [2.75, 3.05) is 28.3 Å². The molecule has 0 aromatic carbocycles. The van der Waals surface area contributed by atoms with Gasteiger partial charge in [0.2, 0.25) is 0 Å². The molecule has 0 saturated heterocycles. The molecule has 0 N–H and O–H groups in total. The van der Waals surface area contributed by atoms with Crippen molar-refractivity contribution < 1.29 is 26.3 Å². The molecule has 0 spiro atoms. The molecule has 0 amide bonds. The number of hydrogen-bond donors (Lipinski definition) is 0. The lowest BCUT2D eigenvalue weighted by molar-refractivity contribution is -0.149. The zero-order valence-electron chi connectivity index (χ0n) is 10.7. The molecular formula is C9H19NO6S. The summed E-state index contributed by atoms with van der Waals surface area (Å²) in [4.78, 5) is 12.4. The Morgan fingerprint density at radius 3 is 1.88 bits per heavy atom. The second kappa shape index (κ2) is 9.11. The fraction of sp³-hybridized carbons (Fsp3) is 0.667. The summed E-state index contributed by atoms with van der Waals surface area (Å²) in [6, 6.07) is 0. The van der Waals surface area contributed by atoms with Gasteiger partial charge in [-0.05, 0) is 21.0 Å². The summed E-state index contributed by atoms with van der Waals surface area (Å²) in [6.45, 7) is 5.07. The van der Waals surface area contributed by atoms with Crippen LogP contribution in [0.5, 0.6) is 0 Å². The van der Waals surface area contributed by atoms with Gasteiger partial charge < -0.3 is 4.74 Å². The predicted molar refractivity (Wildman–Crippen MR) is 62.4 cm³/mol. The Morgan fingerprint density at radius 1 is 1.29 bits per heavy atom. The third-order valence-electron chi connectivity index (χ3n) is 1.59. The number of esters is 1. The number of hydrogen-bond acceptors (Lipinski definition) is 7. The standard InChI is InChI=1S/C7H13NO2.C2H6O4S/c1-5-7(9)10-6(2)8(3)4;1-5-7(3,4)6-2/h5-6H,1H2,2-4H3;1-2H3. The number of nitrogens with zero attached hydrogens (tertiary/aromatic N) is 1. The molecule has 7 nitrogen and oxygen atoms in total. The summed E-state index contributed by atoms with van der Waals surface area (Å²) in [5.41, 5.74) is 0. The minimum absolute atomic E-state index is 0.189. The molecule has 0 fully saturated rings. The van der Waals surface area contributed by atoms with Crippen LogP contribution in [0.15, 0.2) is 12.7 Å². The highest BCUT2D eigenvalue weighted by molar-refractivity contribution is 7.81. The molecule has 102 valence electrons. The monoisotopic (exact) mass is 269 g/mol. The fourth-order valence-electron chi connectivity index (χ4n) is 0.390. The van der Waals surface area contributed by atoms with Crippen molar-refractivity contribution in [2.45, 2.75) is 13.2 Å². The molecule has 1 atom stereocenters. The minimum Gasteiger partial charge on any atom is -0.444 e. The van der Waals surface area contributed by atoms with E-state index in [1.165, 1.54) is 0 Å². The Labute approximate surface area is 102 Å². The number of rotatable bonds is 5. The van der Waals surface area contributed by atoms with E-state index in [0.29, 0.717) is 0 Å². The second-order valence-corrected chi connectivity index (χ2v) is 4.43. The average molecular weight is 269 g/mol. The van der Waals surface area contributed by atoms with Gasteiger partial charge in [-0.15, -0.1) is 0 Å². The lowest BCUT2D eigenvalue weighted by Gasteiger charge is -2.18.